The van der Waals surface area contributed by atoms with Crippen LogP contribution in [-0.4, -0.2) is 37.2 Å². The Morgan fingerprint density at radius 3 is 0.958 bits per heavy atom. The normalized spacial score (nSPS) is 13.0. The highest BCUT2D eigenvalue weighted by Crippen LogP contribution is 2.13. The van der Waals surface area contributed by atoms with Crippen molar-refractivity contribution in [3.8, 4) is 0 Å². The standard InChI is InChI=1S/C65H106O6/c1-4-7-10-13-16-19-22-25-28-31-32-35-37-40-43-46-49-52-55-58-64(67)70-61-62(71-65(68)59-56-53-50-47-44-41-38-34-30-27-24-21-18-15-12-9-6-3)60-69-63(66)57-54-51-48-45-42-39-36-33-29-26-23-20-17-14-11-8-5-2/h7,10,16,18-19,21,25-30,32,35,38,40-41,43,47,50,62H,4-6,8-9,11-15,17,20,22-24,31,33-34,36-37,39,42,44-46,48-49,51-61H2,1-3H3/b10-7-,19-16-,21-18-,28-25-,29-26-,30-27-,35-32-,41-38-,43-40-,50-47-/t62-/m1/s1. The van der Waals surface area contributed by atoms with Crippen molar-refractivity contribution >= 4 is 17.9 Å². The van der Waals surface area contributed by atoms with Crippen LogP contribution in [0, 0.1) is 0 Å². The highest BCUT2D eigenvalue weighted by molar-refractivity contribution is 5.71. The van der Waals surface area contributed by atoms with Crippen molar-refractivity contribution in [3.63, 3.8) is 0 Å². The van der Waals surface area contributed by atoms with E-state index in [9.17, 15) is 14.4 Å². The van der Waals surface area contributed by atoms with Crippen molar-refractivity contribution < 1.29 is 28.6 Å². The fourth-order valence-electron chi connectivity index (χ4n) is 7.57. The summed E-state index contributed by atoms with van der Waals surface area (Å²) in [6.45, 7) is 6.42. The second-order valence-corrected chi connectivity index (χ2v) is 18.8. The summed E-state index contributed by atoms with van der Waals surface area (Å²) >= 11 is 0. The Hall–Kier alpha value is -4.19. The molecule has 0 aromatic rings. The Labute approximate surface area is 437 Å². The molecule has 0 aromatic heterocycles. The molecule has 0 aliphatic rings. The zero-order valence-electron chi connectivity index (χ0n) is 45.9. The Kier molecular flexibility index (Phi) is 54.9. The van der Waals surface area contributed by atoms with Crippen molar-refractivity contribution in [1.29, 1.82) is 0 Å². The zero-order valence-corrected chi connectivity index (χ0v) is 45.9. The van der Waals surface area contributed by atoms with E-state index in [0.717, 1.165) is 103 Å². The molecule has 71 heavy (non-hydrogen) atoms. The van der Waals surface area contributed by atoms with Crippen LogP contribution in [0.1, 0.15) is 252 Å². The number of esters is 3. The quantitative estimate of drug-likeness (QED) is 0.0261. The third-order valence-electron chi connectivity index (χ3n) is 11.9. The maximum atomic E-state index is 12.8. The van der Waals surface area contributed by atoms with Gasteiger partial charge in [-0.3, -0.25) is 14.4 Å². The van der Waals surface area contributed by atoms with Crippen LogP contribution in [0.3, 0.4) is 0 Å². The molecule has 1 atom stereocenters. The summed E-state index contributed by atoms with van der Waals surface area (Å²) in [6.07, 6.45) is 80.5. The van der Waals surface area contributed by atoms with Gasteiger partial charge < -0.3 is 14.2 Å². The van der Waals surface area contributed by atoms with Crippen LogP contribution in [0.2, 0.25) is 0 Å². The van der Waals surface area contributed by atoms with Crippen LogP contribution < -0.4 is 0 Å². The first-order chi connectivity index (χ1) is 35.0. The second kappa shape index (κ2) is 58.4. The summed E-state index contributed by atoms with van der Waals surface area (Å²) in [4.78, 5) is 38.2. The number of rotatable bonds is 51. The van der Waals surface area contributed by atoms with E-state index >= 15 is 0 Å². The van der Waals surface area contributed by atoms with Crippen molar-refractivity contribution in [2.75, 3.05) is 13.2 Å². The molecule has 0 bridgehead atoms. The molecule has 6 heteroatoms. The molecule has 0 heterocycles. The predicted octanol–water partition coefficient (Wildman–Crippen LogP) is 19.6. The molecule has 0 unspecified atom stereocenters. The van der Waals surface area contributed by atoms with Gasteiger partial charge in [-0.2, -0.15) is 0 Å². The molecule has 0 saturated heterocycles. The number of unbranched alkanes of at least 4 members (excludes halogenated alkanes) is 20. The smallest absolute Gasteiger partial charge is 0.306 e. The van der Waals surface area contributed by atoms with Gasteiger partial charge in [-0.25, -0.2) is 0 Å². The summed E-state index contributed by atoms with van der Waals surface area (Å²) in [5.41, 5.74) is 0. The Bertz CT molecular complexity index is 1500. The first-order valence-electron chi connectivity index (χ1n) is 29.0. The van der Waals surface area contributed by atoms with E-state index in [0.29, 0.717) is 19.3 Å². The van der Waals surface area contributed by atoms with Crippen molar-refractivity contribution in [1.82, 2.24) is 0 Å². The monoisotopic (exact) mass is 983 g/mol. The molecule has 0 rings (SSSR count). The average molecular weight is 984 g/mol. The third-order valence-corrected chi connectivity index (χ3v) is 11.9. The van der Waals surface area contributed by atoms with Crippen molar-refractivity contribution in [2.24, 2.45) is 0 Å². The number of ether oxygens (including phenoxy) is 3. The summed E-state index contributed by atoms with van der Waals surface area (Å²) in [5.74, 6) is -1.01. The minimum atomic E-state index is -0.826. The van der Waals surface area contributed by atoms with Crippen LogP contribution in [0.4, 0.5) is 0 Å². The van der Waals surface area contributed by atoms with E-state index in [2.05, 4.69) is 142 Å². The Morgan fingerprint density at radius 2 is 0.563 bits per heavy atom. The largest absolute Gasteiger partial charge is 0.462 e. The van der Waals surface area contributed by atoms with Gasteiger partial charge in [0.15, 0.2) is 6.10 Å². The van der Waals surface area contributed by atoms with Gasteiger partial charge in [0.05, 0.1) is 0 Å². The molecule has 6 nitrogen and oxygen atoms in total. The lowest BCUT2D eigenvalue weighted by atomic mass is 10.1. The highest BCUT2D eigenvalue weighted by Gasteiger charge is 2.19. The number of carbonyl (C=O) groups excluding carboxylic acids is 3. The zero-order chi connectivity index (χ0) is 51.4. The Balaban J connectivity index is 4.55. The first kappa shape index (κ1) is 66.8. The van der Waals surface area contributed by atoms with Crippen LogP contribution in [0.15, 0.2) is 122 Å². The topological polar surface area (TPSA) is 78.9 Å². The molecule has 0 saturated carbocycles. The van der Waals surface area contributed by atoms with E-state index in [-0.39, 0.29) is 37.5 Å². The van der Waals surface area contributed by atoms with Gasteiger partial charge in [0.1, 0.15) is 13.2 Å². The molecule has 0 N–H and O–H groups in total. The second-order valence-electron chi connectivity index (χ2n) is 18.8. The van der Waals surface area contributed by atoms with Crippen LogP contribution in [-0.2, 0) is 28.6 Å². The van der Waals surface area contributed by atoms with E-state index < -0.39 is 6.10 Å². The minimum Gasteiger partial charge on any atom is -0.462 e. The minimum absolute atomic E-state index is 0.115. The summed E-state index contributed by atoms with van der Waals surface area (Å²) in [7, 11) is 0. The molecule has 0 aromatic carbocycles. The van der Waals surface area contributed by atoms with Gasteiger partial charge >= 0.3 is 17.9 Å². The lowest BCUT2D eigenvalue weighted by Gasteiger charge is -2.18. The van der Waals surface area contributed by atoms with Gasteiger partial charge in [0.25, 0.3) is 0 Å². The van der Waals surface area contributed by atoms with Gasteiger partial charge in [-0.15, -0.1) is 0 Å². The maximum absolute atomic E-state index is 12.8. The molecular formula is C65H106O6. The van der Waals surface area contributed by atoms with Crippen LogP contribution in [0.25, 0.3) is 0 Å². The van der Waals surface area contributed by atoms with Crippen LogP contribution >= 0.6 is 0 Å². The van der Waals surface area contributed by atoms with Crippen LogP contribution in [0.5, 0.6) is 0 Å². The van der Waals surface area contributed by atoms with Gasteiger partial charge in [-0.05, 0) is 128 Å². The van der Waals surface area contributed by atoms with Gasteiger partial charge in [0.2, 0.25) is 0 Å². The molecule has 0 spiro atoms. The number of hydrogen-bond donors (Lipinski definition) is 0. The summed E-state index contributed by atoms with van der Waals surface area (Å²) in [5, 5.41) is 0. The lowest BCUT2D eigenvalue weighted by molar-refractivity contribution is -0.167. The summed E-state index contributed by atoms with van der Waals surface area (Å²) in [6, 6.07) is 0. The predicted molar refractivity (Wildman–Crippen MR) is 306 cm³/mol. The number of hydrogen-bond acceptors (Lipinski definition) is 6. The molecule has 0 fully saturated rings. The molecule has 0 radical (unpaired) electrons. The first-order valence-corrected chi connectivity index (χ1v) is 29.0. The summed E-state index contributed by atoms with van der Waals surface area (Å²) < 4.78 is 16.8. The molecule has 0 aliphatic heterocycles. The molecule has 402 valence electrons. The lowest BCUT2D eigenvalue weighted by Crippen LogP contribution is -2.30. The molecule has 0 aliphatic carbocycles. The molecular weight excluding hydrogens is 877 g/mol. The van der Waals surface area contributed by atoms with E-state index in [1.807, 2.05) is 0 Å². The third kappa shape index (κ3) is 56.6. The Morgan fingerprint density at radius 1 is 0.296 bits per heavy atom. The highest BCUT2D eigenvalue weighted by atomic mass is 16.6. The molecule has 0 amide bonds. The fraction of sp³-hybridized carbons (Fsp3) is 0.646. The maximum Gasteiger partial charge on any atom is 0.306 e. The average Bonchev–Trinajstić information content (AvgIpc) is 3.37. The van der Waals surface area contributed by atoms with Crippen molar-refractivity contribution in [3.05, 3.63) is 122 Å². The number of allylic oxidation sites excluding steroid dienone is 20. The van der Waals surface area contributed by atoms with E-state index in [4.69, 9.17) is 14.2 Å². The van der Waals surface area contributed by atoms with Crippen molar-refractivity contribution in [2.45, 2.75) is 258 Å². The SMILES string of the molecule is CC/C=C\C/C=C\C/C=C\C/C=C\C/C=C\CCCCCC(=O)OC[C@@H](COC(=O)CCCCCCCCC/C=C\CCCCCCCC)OC(=O)CCC/C=C\C/C=C\C/C=C\C/C=C\CCCCC. The van der Waals surface area contributed by atoms with Gasteiger partial charge in [-0.1, -0.05) is 226 Å². The fourth-order valence-corrected chi connectivity index (χ4v) is 7.57. The van der Waals surface area contributed by atoms with Gasteiger partial charge in [0, 0.05) is 19.3 Å². The van der Waals surface area contributed by atoms with E-state index in [1.165, 1.54) is 103 Å². The van der Waals surface area contributed by atoms with E-state index in [1.54, 1.807) is 0 Å². The number of carbonyl (C=O) groups is 3.